The molecule has 2 aromatic rings. The predicted octanol–water partition coefficient (Wildman–Crippen LogP) is 2.44. The number of carbonyl (C=O) groups excluding carboxylic acids is 1. The Bertz CT molecular complexity index is 774. The minimum atomic E-state index is -0.705. The summed E-state index contributed by atoms with van der Waals surface area (Å²) in [6.07, 6.45) is 7.01. The molecule has 1 saturated heterocycles. The fourth-order valence-electron chi connectivity index (χ4n) is 3.18. The smallest absolute Gasteiger partial charge is 0.290 e. The first-order chi connectivity index (χ1) is 12.1. The number of carbonyl (C=O) groups is 1. The van der Waals surface area contributed by atoms with E-state index in [1.54, 1.807) is 19.1 Å². The lowest BCUT2D eigenvalue weighted by Crippen LogP contribution is -2.42. The highest BCUT2D eigenvalue weighted by molar-refractivity contribution is 5.80. The molecule has 0 bridgehead atoms. The van der Waals surface area contributed by atoms with Gasteiger partial charge >= 0.3 is 0 Å². The average Bonchev–Trinajstić information content (AvgIpc) is 3.10. The highest BCUT2D eigenvalue weighted by Crippen LogP contribution is 2.20. The second-order valence-electron chi connectivity index (χ2n) is 6.48. The molecular weight excluding hydrogens is 320 g/mol. The molecule has 1 aliphatic heterocycles. The molecule has 7 heteroatoms. The third-order valence-electron chi connectivity index (χ3n) is 4.63. The maximum Gasteiger partial charge on any atom is 0.290 e. The largest absolute Gasteiger partial charge is 0.463 e. The summed E-state index contributed by atoms with van der Waals surface area (Å²) in [5, 5.41) is 4.32. The Kier molecular flexibility index (Phi) is 5.21. The van der Waals surface area contributed by atoms with Crippen LogP contribution in [-0.4, -0.2) is 33.7 Å². The SMILES string of the molecule is C[C@H](C(=O)N1CCCCCCC1)n1nc(-c2ccco2)cc(N)c1=O. The summed E-state index contributed by atoms with van der Waals surface area (Å²) < 4.78 is 6.50. The van der Waals surface area contributed by atoms with Crippen LogP contribution in [0.4, 0.5) is 5.69 Å². The number of amides is 1. The molecule has 1 aliphatic rings. The molecule has 0 saturated carbocycles. The van der Waals surface area contributed by atoms with Crippen LogP contribution in [-0.2, 0) is 4.79 Å². The molecule has 2 aromatic heterocycles. The number of likely N-dealkylation sites (tertiary alicyclic amines) is 1. The average molecular weight is 344 g/mol. The van der Waals surface area contributed by atoms with Gasteiger partial charge in [-0.15, -0.1) is 0 Å². The van der Waals surface area contributed by atoms with Crippen molar-refractivity contribution in [3.8, 4) is 11.5 Å². The fraction of sp³-hybridized carbons (Fsp3) is 0.500. The Morgan fingerprint density at radius 2 is 1.92 bits per heavy atom. The van der Waals surface area contributed by atoms with Crippen LogP contribution in [0.2, 0.25) is 0 Å². The maximum absolute atomic E-state index is 12.9. The van der Waals surface area contributed by atoms with Crippen molar-refractivity contribution in [1.82, 2.24) is 14.7 Å². The molecule has 0 aromatic carbocycles. The first-order valence-electron chi connectivity index (χ1n) is 8.80. The zero-order chi connectivity index (χ0) is 17.8. The molecule has 0 aliphatic carbocycles. The molecule has 2 N–H and O–H groups in total. The Labute approximate surface area is 146 Å². The number of furan rings is 1. The van der Waals surface area contributed by atoms with Crippen molar-refractivity contribution >= 4 is 11.6 Å². The summed E-state index contributed by atoms with van der Waals surface area (Å²) in [7, 11) is 0. The lowest BCUT2D eigenvalue weighted by Gasteiger charge is -2.28. The van der Waals surface area contributed by atoms with Crippen LogP contribution in [0.25, 0.3) is 11.5 Å². The van der Waals surface area contributed by atoms with Crippen LogP contribution in [0.5, 0.6) is 0 Å². The number of hydrogen-bond acceptors (Lipinski definition) is 5. The lowest BCUT2D eigenvalue weighted by atomic mass is 10.1. The fourth-order valence-corrected chi connectivity index (χ4v) is 3.18. The van der Waals surface area contributed by atoms with Crippen molar-refractivity contribution in [1.29, 1.82) is 0 Å². The van der Waals surface area contributed by atoms with Gasteiger partial charge in [0.1, 0.15) is 17.4 Å². The van der Waals surface area contributed by atoms with E-state index in [1.807, 2.05) is 4.90 Å². The Hall–Kier alpha value is -2.57. The molecule has 1 atom stereocenters. The highest BCUT2D eigenvalue weighted by Gasteiger charge is 2.25. The van der Waals surface area contributed by atoms with E-state index in [-0.39, 0.29) is 11.6 Å². The van der Waals surface area contributed by atoms with Crippen molar-refractivity contribution in [2.75, 3.05) is 18.8 Å². The minimum absolute atomic E-state index is 0.0497. The van der Waals surface area contributed by atoms with Gasteiger partial charge in [0.25, 0.3) is 5.56 Å². The molecule has 7 nitrogen and oxygen atoms in total. The second-order valence-corrected chi connectivity index (χ2v) is 6.48. The van der Waals surface area contributed by atoms with Crippen LogP contribution < -0.4 is 11.3 Å². The van der Waals surface area contributed by atoms with Gasteiger partial charge in [0.05, 0.1) is 6.26 Å². The number of nitrogen functional groups attached to an aromatic ring is 1. The second kappa shape index (κ2) is 7.55. The first-order valence-corrected chi connectivity index (χ1v) is 8.80. The monoisotopic (exact) mass is 344 g/mol. The van der Waals surface area contributed by atoms with Crippen LogP contribution in [0, 0.1) is 0 Å². The molecule has 1 fully saturated rings. The van der Waals surface area contributed by atoms with Crippen LogP contribution >= 0.6 is 0 Å². The number of nitrogens with zero attached hydrogens (tertiary/aromatic N) is 3. The first kappa shape index (κ1) is 17.3. The van der Waals surface area contributed by atoms with Gasteiger partial charge in [-0.25, -0.2) is 4.68 Å². The van der Waals surface area contributed by atoms with Gasteiger partial charge in [-0.2, -0.15) is 5.10 Å². The molecular formula is C18H24N4O3. The van der Waals surface area contributed by atoms with Gasteiger partial charge in [-0.3, -0.25) is 9.59 Å². The summed E-state index contributed by atoms with van der Waals surface area (Å²) >= 11 is 0. The summed E-state index contributed by atoms with van der Waals surface area (Å²) in [6, 6.07) is 4.24. The summed E-state index contributed by atoms with van der Waals surface area (Å²) in [5.41, 5.74) is 5.88. The number of nitrogens with two attached hydrogens (primary N) is 1. The summed E-state index contributed by atoms with van der Waals surface area (Å²) in [4.78, 5) is 27.1. The van der Waals surface area contributed by atoms with E-state index in [1.165, 1.54) is 23.4 Å². The van der Waals surface area contributed by atoms with Gasteiger partial charge in [-0.05, 0) is 38.0 Å². The van der Waals surface area contributed by atoms with Gasteiger partial charge < -0.3 is 15.1 Å². The third kappa shape index (κ3) is 3.75. The number of anilines is 1. The number of rotatable bonds is 3. The van der Waals surface area contributed by atoms with Gasteiger partial charge in [0.2, 0.25) is 5.91 Å². The Morgan fingerprint density at radius 3 is 2.56 bits per heavy atom. The van der Waals surface area contributed by atoms with E-state index >= 15 is 0 Å². The van der Waals surface area contributed by atoms with E-state index < -0.39 is 11.6 Å². The van der Waals surface area contributed by atoms with Crippen molar-refractivity contribution in [3.05, 3.63) is 34.8 Å². The zero-order valence-corrected chi connectivity index (χ0v) is 14.5. The third-order valence-corrected chi connectivity index (χ3v) is 4.63. The van der Waals surface area contributed by atoms with E-state index in [2.05, 4.69) is 5.10 Å². The molecule has 3 heterocycles. The van der Waals surface area contributed by atoms with Gasteiger partial charge in [0.15, 0.2) is 5.76 Å². The van der Waals surface area contributed by atoms with E-state index in [0.29, 0.717) is 11.5 Å². The van der Waals surface area contributed by atoms with Gasteiger partial charge in [0, 0.05) is 13.1 Å². The van der Waals surface area contributed by atoms with Crippen molar-refractivity contribution in [3.63, 3.8) is 0 Å². The van der Waals surface area contributed by atoms with Gasteiger partial charge in [-0.1, -0.05) is 19.3 Å². The van der Waals surface area contributed by atoms with E-state index in [0.717, 1.165) is 38.8 Å². The topological polar surface area (TPSA) is 94.4 Å². The number of aromatic nitrogens is 2. The van der Waals surface area contributed by atoms with Crippen LogP contribution in [0.3, 0.4) is 0 Å². The molecule has 0 unspecified atom stereocenters. The predicted molar refractivity (Wildman–Crippen MR) is 95.0 cm³/mol. The quantitative estimate of drug-likeness (QED) is 0.923. The highest BCUT2D eigenvalue weighted by atomic mass is 16.3. The normalized spacial score (nSPS) is 16.9. The summed E-state index contributed by atoms with van der Waals surface area (Å²) in [6.45, 7) is 3.15. The molecule has 134 valence electrons. The Morgan fingerprint density at radius 1 is 1.24 bits per heavy atom. The summed E-state index contributed by atoms with van der Waals surface area (Å²) in [5.74, 6) is 0.416. The maximum atomic E-state index is 12.9. The van der Waals surface area contributed by atoms with Crippen molar-refractivity contribution < 1.29 is 9.21 Å². The molecule has 0 spiro atoms. The van der Waals surface area contributed by atoms with Crippen LogP contribution in [0.1, 0.15) is 45.1 Å². The molecule has 1 amide bonds. The standard InChI is InChI=1S/C18H24N4O3/c1-13(17(23)21-9-5-3-2-4-6-10-21)22-18(24)14(19)12-15(20-22)16-8-7-11-25-16/h7-8,11-13H,2-6,9-10,19H2,1H3/t13-/m1/s1. The molecule has 0 radical (unpaired) electrons. The molecule has 3 rings (SSSR count). The lowest BCUT2D eigenvalue weighted by molar-refractivity contribution is -0.135. The zero-order valence-electron chi connectivity index (χ0n) is 14.5. The van der Waals surface area contributed by atoms with Crippen molar-refractivity contribution in [2.45, 2.75) is 45.1 Å². The number of hydrogen-bond donors (Lipinski definition) is 1. The molecule has 25 heavy (non-hydrogen) atoms. The van der Waals surface area contributed by atoms with E-state index in [9.17, 15) is 9.59 Å². The van der Waals surface area contributed by atoms with E-state index in [4.69, 9.17) is 10.2 Å². The Balaban J connectivity index is 1.89. The van der Waals surface area contributed by atoms with Crippen LogP contribution in [0.15, 0.2) is 33.7 Å². The minimum Gasteiger partial charge on any atom is -0.463 e. The van der Waals surface area contributed by atoms with Crippen molar-refractivity contribution in [2.24, 2.45) is 0 Å².